The van der Waals surface area contributed by atoms with Crippen LogP contribution in [-0.4, -0.2) is 52.0 Å². The molecule has 4 rings (SSSR count). The van der Waals surface area contributed by atoms with E-state index in [9.17, 15) is 0 Å². The molecule has 4 nitrogen and oxygen atoms in total. The Kier molecular flexibility index (Phi) is 5.09. The zero-order valence-electron chi connectivity index (χ0n) is 15.2. The maximum absolute atomic E-state index is 4.65. The van der Waals surface area contributed by atoms with Crippen molar-refractivity contribution in [1.82, 2.24) is 19.8 Å². The van der Waals surface area contributed by atoms with Gasteiger partial charge in [0.1, 0.15) is 5.82 Å². The van der Waals surface area contributed by atoms with Gasteiger partial charge in [0.15, 0.2) is 0 Å². The minimum Gasteiger partial charge on any atom is -0.298 e. The predicted octanol–water partition coefficient (Wildman–Crippen LogP) is 2.71. The highest BCUT2D eigenvalue weighted by atomic mass is 15.3. The summed E-state index contributed by atoms with van der Waals surface area (Å²) in [5, 5.41) is 0. The van der Waals surface area contributed by atoms with Crippen LogP contribution in [0.4, 0.5) is 0 Å². The van der Waals surface area contributed by atoms with Gasteiger partial charge >= 0.3 is 0 Å². The molecule has 1 aromatic carbocycles. The minimum atomic E-state index is 0.725. The molecule has 1 aliphatic heterocycles. The van der Waals surface area contributed by atoms with Crippen molar-refractivity contribution in [2.45, 2.75) is 45.2 Å². The van der Waals surface area contributed by atoms with Gasteiger partial charge in [0, 0.05) is 51.4 Å². The highest BCUT2D eigenvalue weighted by Gasteiger charge is 2.27. The van der Waals surface area contributed by atoms with E-state index in [1.165, 1.54) is 32.4 Å². The molecule has 0 saturated carbocycles. The summed E-state index contributed by atoms with van der Waals surface area (Å²) >= 11 is 0. The Morgan fingerprint density at radius 1 is 1.04 bits per heavy atom. The Bertz CT molecular complexity index is 707. The first-order chi connectivity index (χ1) is 12.3. The number of hydrogen-bond donors (Lipinski definition) is 0. The second kappa shape index (κ2) is 7.63. The molecule has 2 aliphatic rings. The Hall–Kier alpha value is -1.78. The summed E-state index contributed by atoms with van der Waals surface area (Å²) in [4.78, 5) is 14.2. The second-order valence-corrected chi connectivity index (χ2v) is 7.30. The number of aromatic nitrogens is 2. The predicted molar refractivity (Wildman–Crippen MR) is 101 cm³/mol. The van der Waals surface area contributed by atoms with Crippen LogP contribution in [0.5, 0.6) is 0 Å². The largest absolute Gasteiger partial charge is 0.298 e. The fourth-order valence-electron chi connectivity index (χ4n) is 4.21. The minimum absolute atomic E-state index is 0.725. The van der Waals surface area contributed by atoms with Gasteiger partial charge in [-0.2, -0.15) is 0 Å². The first-order valence-corrected chi connectivity index (χ1v) is 9.66. The van der Waals surface area contributed by atoms with Crippen molar-refractivity contribution in [3.63, 3.8) is 0 Å². The van der Waals surface area contributed by atoms with E-state index in [1.54, 1.807) is 11.1 Å². The van der Waals surface area contributed by atoms with Gasteiger partial charge in [-0.25, -0.2) is 9.97 Å². The first-order valence-electron chi connectivity index (χ1n) is 9.66. The van der Waals surface area contributed by atoms with E-state index in [-0.39, 0.29) is 0 Å². The van der Waals surface area contributed by atoms with Crippen LogP contribution in [0.1, 0.15) is 36.0 Å². The molecule has 1 aliphatic carbocycles. The lowest BCUT2D eigenvalue weighted by molar-refractivity contribution is 0.0849. The summed E-state index contributed by atoms with van der Waals surface area (Å²) in [6, 6.07) is 11.8. The van der Waals surface area contributed by atoms with Crippen LogP contribution in [-0.2, 0) is 25.8 Å². The van der Waals surface area contributed by atoms with Crippen LogP contribution in [0.2, 0.25) is 0 Å². The maximum Gasteiger partial charge on any atom is 0.128 e. The SMILES string of the molecule is CCc1nccc(CN2CCN([C@@H]3CCc4ccccc4C3)CC2)n1. The molecular formula is C21H28N4. The molecule has 0 N–H and O–H groups in total. The zero-order valence-corrected chi connectivity index (χ0v) is 15.2. The monoisotopic (exact) mass is 336 g/mol. The summed E-state index contributed by atoms with van der Waals surface area (Å²) in [6.45, 7) is 7.71. The van der Waals surface area contributed by atoms with Gasteiger partial charge in [-0.3, -0.25) is 9.80 Å². The summed E-state index contributed by atoms with van der Waals surface area (Å²) in [5.74, 6) is 0.956. The fourth-order valence-corrected chi connectivity index (χ4v) is 4.21. The number of hydrogen-bond acceptors (Lipinski definition) is 4. The molecule has 2 aromatic rings. The van der Waals surface area contributed by atoms with Gasteiger partial charge in [-0.15, -0.1) is 0 Å². The van der Waals surface area contributed by atoms with Crippen molar-refractivity contribution in [2.75, 3.05) is 26.2 Å². The van der Waals surface area contributed by atoms with Crippen LogP contribution < -0.4 is 0 Å². The summed E-state index contributed by atoms with van der Waals surface area (Å²) in [7, 11) is 0. The lowest BCUT2D eigenvalue weighted by atomic mass is 9.87. The number of benzene rings is 1. The van der Waals surface area contributed by atoms with Gasteiger partial charge in [0.2, 0.25) is 0 Å². The van der Waals surface area contributed by atoms with Gasteiger partial charge in [0.05, 0.1) is 5.69 Å². The van der Waals surface area contributed by atoms with E-state index >= 15 is 0 Å². The number of piperazine rings is 1. The molecule has 1 fully saturated rings. The van der Waals surface area contributed by atoms with Crippen LogP contribution in [0.3, 0.4) is 0 Å². The normalized spacial score (nSPS) is 21.9. The maximum atomic E-state index is 4.65. The van der Waals surface area contributed by atoms with Crippen molar-refractivity contribution in [1.29, 1.82) is 0 Å². The quantitative estimate of drug-likeness (QED) is 0.859. The van der Waals surface area contributed by atoms with E-state index in [0.717, 1.165) is 43.6 Å². The lowest BCUT2D eigenvalue weighted by Crippen LogP contribution is -2.51. The van der Waals surface area contributed by atoms with E-state index in [0.29, 0.717) is 0 Å². The second-order valence-electron chi connectivity index (χ2n) is 7.30. The highest BCUT2D eigenvalue weighted by Crippen LogP contribution is 2.25. The van der Waals surface area contributed by atoms with Crippen molar-refractivity contribution in [3.05, 3.63) is 59.2 Å². The van der Waals surface area contributed by atoms with Gasteiger partial charge < -0.3 is 0 Å². The molecule has 1 aromatic heterocycles. The third-order valence-electron chi connectivity index (χ3n) is 5.71. The lowest BCUT2D eigenvalue weighted by Gasteiger charge is -2.41. The van der Waals surface area contributed by atoms with Crippen LogP contribution in [0.15, 0.2) is 36.5 Å². The number of rotatable bonds is 4. The van der Waals surface area contributed by atoms with E-state index in [1.807, 2.05) is 6.20 Å². The molecule has 1 atom stereocenters. The molecule has 1 saturated heterocycles. The Morgan fingerprint density at radius 3 is 2.64 bits per heavy atom. The standard InChI is InChI=1S/C21H28N4/c1-2-21-22-10-9-19(23-21)16-24-11-13-25(14-12-24)20-8-7-17-5-3-4-6-18(17)15-20/h3-6,9-10,20H,2,7-8,11-16H2,1H3/t20-/m1/s1. The number of fused-ring (bicyclic) bond motifs is 1. The average Bonchev–Trinajstić information content (AvgIpc) is 2.68. The van der Waals surface area contributed by atoms with Crippen molar-refractivity contribution < 1.29 is 0 Å². The molecule has 2 heterocycles. The molecule has 25 heavy (non-hydrogen) atoms. The van der Waals surface area contributed by atoms with Crippen LogP contribution in [0, 0.1) is 0 Å². The van der Waals surface area contributed by atoms with E-state index in [4.69, 9.17) is 0 Å². The zero-order chi connectivity index (χ0) is 17.1. The van der Waals surface area contributed by atoms with Gasteiger partial charge in [-0.05, 0) is 36.5 Å². The highest BCUT2D eigenvalue weighted by molar-refractivity contribution is 5.30. The number of aryl methyl sites for hydroxylation is 2. The molecule has 132 valence electrons. The molecule has 0 spiro atoms. The van der Waals surface area contributed by atoms with Crippen LogP contribution in [0.25, 0.3) is 0 Å². The van der Waals surface area contributed by atoms with Gasteiger partial charge in [0.25, 0.3) is 0 Å². The molecule has 0 amide bonds. The van der Waals surface area contributed by atoms with E-state index < -0.39 is 0 Å². The topological polar surface area (TPSA) is 32.3 Å². The Morgan fingerprint density at radius 2 is 1.84 bits per heavy atom. The van der Waals surface area contributed by atoms with Crippen LogP contribution >= 0.6 is 0 Å². The smallest absolute Gasteiger partial charge is 0.128 e. The molecule has 0 unspecified atom stereocenters. The summed E-state index contributed by atoms with van der Waals surface area (Å²) in [6.07, 6.45) is 6.58. The molecule has 0 radical (unpaired) electrons. The van der Waals surface area contributed by atoms with Gasteiger partial charge in [-0.1, -0.05) is 31.2 Å². The summed E-state index contributed by atoms with van der Waals surface area (Å²) in [5.41, 5.74) is 4.29. The van der Waals surface area contributed by atoms with E-state index in [2.05, 4.69) is 57.0 Å². The Labute approximate surface area is 150 Å². The Balaban J connectivity index is 1.31. The first kappa shape index (κ1) is 16.7. The van der Waals surface area contributed by atoms with Crippen molar-refractivity contribution >= 4 is 0 Å². The van der Waals surface area contributed by atoms with Crippen molar-refractivity contribution in [3.8, 4) is 0 Å². The summed E-state index contributed by atoms with van der Waals surface area (Å²) < 4.78 is 0. The molecule has 0 bridgehead atoms. The number of nitrogens with zero attached hydrogens (tertiary/aromatic N) is 4. The molecule has 4 heteroatoms. The third kappa shape index (κ3) is 3.91. The third-order valence-corrected chi connectivity index (χ3v) is 5.71. The average molecular weight is 336 g/mol. The van der Waals surface area contributed by atoms with Crippen molar-refractivity contribution in [2.24, 2.45) is 0 Å². The molecular weight excluding hydrogens is 308 g/mol. The fraction of sp³-hybridized carbons (Fsp3) is 0.524.